The third kappa shape index (κ3) is 17.0. The van der Waals surface area contributed by atoms with Gasteiger partial charge in [-0.2, -0.15) is 0 Å². The second kappa shape index (κ2) is 25.6. The number of rotatable bonds is 25. The maximum absolute atomic E-state index is 14.3. The first-order valence-electron chi connectivity index (χ1n) is 20.0. The van der Waals surface area contributed by atoms with E-state index in [0.29, 0.717) is 6.42 Å². The normalized spacial score (nSPS) is 13.3. The van der Waals surface area contributed by atoms with Crippen LogP contribution in [0.15, 0.2) is 77.8 Å². The van der Waals surface area contributed by atoms with Crippen LogP contribution >= 0.6 is 22.7 Å². The van der Waals surface area contributed by atoms with Gasteiger partial charge >= 0.3 is 18.1 Å². The Bertz CT molecular complexity index is 1860. The Hall–Kier alpha value is -4.94. The van der Waals surface area contributed by atoms with Crippen molar-refractivity contribution in [3.63, 3.8) is 0 Å². The summed E-state index contributed by atoms with van der Waals surface area (Å²) in [6.45, 7) is 7.95. The number of aliphatic hydroxyl groups is 1. The summed E-state index contributed by atoms with van der Waals surface area (Å²) in [6.07, 6.45) is 0.558. The molecule has 0 spiro atoms. The standard InChI is InChI=1S/C43H58N6O9S2/c1-29(2)39(48-42(53)49(5)24-34-27-59-41(46-34)30(3)4)40(52)45-33(20-31-12-8-6-9-13-31)22-37(58-38(51)26-56-19-18-55-17-16-50)36(21-32-14-10-7-11-15-32)47-43(54)57-25-35-23-44-28-60-35/h6-15,23,27-30,33,36-37,39,50H,16-22,24-26H2,1-5H3,(H,45,52)(H,47,54)(H,48,53). The summed E-state index contributed by atoms with van der Waals surface area (Å²) in [7, 11) is 1.66. The van der Waals surface area contributed by atoms with Gasteiger partial charge in [0.2, 0.25) is 5.91 Å². The van der Waals surface area contributed by atoms with Crippen LogP contribution in [0.5, 0.6) is 0 Å². The van der Waals surface area contributed by atoms with E-state index in [2.05, 4.69) is 39.8 Å². The number of nitrogens with zero attached hydrogens (tertiary/aromatic N) is 3. The highest BCUT2D eigenvalue weighted by atomic mass is 32.1. The van der Waals surface area contributed by atoms with E-state index in [9.17, 15) is 19.2 Å². The Balaban J connectivity index is 1.59. The van der Waals surface area contributed by atoms with Gasteiger partial charge in [0, 0.05) is 37.0 Å². The van der Waals surface area contributed by atoms with E-state index in [1.807, 2.05) is 79.9 Å². The molecule has 4 rings (SSSR count). The molecule has 4 atom stereocenters. The lowest BCUT2D eigenvalue weighted by atomic mass is 9.92. The first-order chi connectivity index (χ1) is 28.9. The number of aromatic nitrogens is 2. The lowest BCUT2D eigenvalue weighted by molar-refractivity contribution is -0.157. The van der Waals surface area contributed by atoms with Crippen LogP contribution in [-0.4, -0.2) is 108 Å². The fraction of sp³-hybridized carbons (Fsp3) is 0.488. The van der Waals surface area contributed by atoms with Gasteiger partial charge in [-0.15, -0.1) is 22.7 Å². The third-order valence-electron chi connectivity index (χ3n) is 9.22. The van der Waals surface area contributed by atoms with Crippen molar-refractivity contribution in [1.82, 2.24) is 30.8 Å². The molecule has 15 nitrogen and oxygen atoms in total. The highest BCUT2D eigenvalue weighted by Crippen LogP contribution is 2.21. The molecule has 60 heavy (non-hydrogen) atoms. The van der Waals surface area contributed by atoms with Gasteiger partial charge in [0.15, 0.2) is 0 Å². The van der Waals surface area contributed by atoms with Crippen molar-refractivity contribution in [2.24, 2.45) is 5.92 Å². The molecule has 2 heterocycles. The van der Waals surface area contributed by atoms with Crippen molar-refractivity contribution in [3.05, 3.63) is 104 Å². The Labute approximate surface area is 360 Å². The number of nitrogens with one attached hydrogen (secondary N) is 3. The number of alkyl carbamates (subject to hydrolysis) is 1. The van der Waals surface area contributed by atoms with Gasteiger partial charge in [0.25, 0.3) is 0 Å². The predicted molar refractivity (Wildman–Crippen MR) is 229 cm³/mol. The average molecular weight is 867 g/mol. The predicted octanol–water partition coefficient (Wildman–Crippen LogP) is 5.48. The average Bonchev–Trinajstić information content (AvgIpc) is 3.93. The van der Waals surface area contributed by atoms with Crippen LogP contribution in [0.2, 0.25) is 0 Å². The smallest absolute Gasteiger partial charge is 0.407 e. The number of esters is 1. The quantitative estimate of drug-likeness (QED) is 0.0488. The van der Waals surface area contributed by atoms with Gasteiger partial charge in [-0.25, -0.2) is 19.4 Å². The number of urea groups is 1. The lowest BCUT2D eigenvalue weighted by Gasteiger charge is -2.32. The summed E-state index contributed by atoms with van der Waals surface area (Å²) in [5.41, 5.74) is 4.17. The van der Waals surface area contributed by atoms with Crippen LogP contribution < -0.4 is 16.0 Å². The van der Waals surface area contributed by atoms with E-state index < -0.39 is 54.8 Å². The molecule has 2 aromatic heterocycles. The summed E-state index contributed by atoms with van der Waals surface area (Å²) in [5.74, 6) is -1.14. The van der Waals surface area contributed by atoms with Crippen molar-refractivity contribution < 1.29 is 43.2 Å². The van der Waals surface area contributed by atoms with Gasteiger partial charge in [0.1, 0.15) is 25.4 Å². The molecule has 4 amide bonds. The second-order valence-corrected chi connectivity index (χ2v) is 16.8. The van der Waals surface area contributed by atoms with Gasteiger partial charge in [-0.1, -0.05) is 88.4 Å². The zero-order chi connectivity index (χ0) is 43.3. The van der Waals surface area contributed by atoms with Crippen molar-refractivity contribution in [2.45, 2.75) is 90.3 Å². The summed E-state index contributed by atoms with van der Waals surface area (Å²) in [4.78, 5) is 65.5. The largest absolute Gasteiger partial charge is 0.458 e. The molecule has 2 aromatic carbocycles. The van der Waals surface area contributed by atoms with Crippen LogP contribution in [-0.2, 0) is 54.5 Å². The van der Waals surface area contributed by atoms with Gasteiger partial charge in [0.05, 0.1) is 60.1 Å². The summed E-state index contributed by atoms with van der Waals surface area (Å²) < 4.78 is 22.4. The first-order valence-corrected chi connectivity index (χ1v) is 21.8. The molecule has 4 N–H and O–H groups in total. The Morgan fingerprint density at radius 2 is 1.53 bits per heavy atom. The Morgan fingerprint density at radius 3 is 2.15 bits per heavy atom. The number of carbonyl (C=O) groups is 4. The molecule has 4 aromatic rings. The molecule has 0 fully saturated rings. The SMILES string of the molecule is CC(C)c1nc(CN(C)C(=O)NC(C(=O)NC(Cc2ccccc2)CC(OC(=O)COCCOCCO)C(Cc2ccccc2)NC(=O)OCc2cncs2)C(C)C)cs1. The van der Waals surface area contributed by atoms with E-state index in [-0.39, 0.29) is 64.3 Å². The van der Waals surface area contributed by atoms with Crippen molar-refractivity contribution >= 4 is 46.7 Å². The van der Waals surface area contributed by atoms with Crippen LogP contribution in [0.4, 0.5) is 9.59 Å². The fourth-order valence-electron chi connectivity index (χ4n) is 6.14. The molecular formula is C43H58N6O9S2. The molecular weight excluding hydrogens is 809 g/mol. The minimum absolute atomic E-state index is 0.00184. The number of thiazole rings is 2. The molecule has 0 radical (unpaired) electrons. The number of carbonyl (C=O) groups excluding carboxylic acids is 4. The van der Waals surface area contributed by atoms with Crippen LogP contribution in [0.25, 0.3) is 0 Å². The first kappa shape index (κ1) is 47.7. The summed E-state index contributed by atoms with van der Waals surface area (Å²) in [5, 5.41) is 20.9. The molecule has 17 heteroatoms. The van der Waals surface area contributed by atoms with E-state index in [1.165, 1.54) is 16.2 Å². The van der Waals surface area contributed by atoms with Gasteiger partial charge in [-0.3, -0.25) is 9.78 Å². The number of aliphatic hydroxyl groups excluding tert-OH is 1. The highest BCUT2D eigenvalue weighted by Gasteiger charge is 2.34. The van der Waals surface area contributed by atoms with Crippen LogP contribution in [0.3, 0.4) is 0 Å². The molecule has 326 valence electrons. The molecule has 0 saturated carbocycles. The van der Waals surface area contributed by atoms with Crippen molar-refractivity contribution in [1.29, 1.82) is 0 Å². The van der Waals surface area contributed by atoms with Crippen LogP contribution in [0.1, 0.15) is 66.7 Å². The third-order valence-corrected chi connectivity index (χ3v) is 11.2. The van der Waals surface area contributed by atoms with Gasteiger partial charge < -0.3 is 44.9 Å². The minimum Gasteiger partial charge on any atom is -0.458 e. The number of hydrogen-bond donors (Lipinski definition) is 4. The highest BCUT2D eigenvalue weighted by molar-refractivity contribution is 7.09. The molecule has 0 aliphatic rings. The molecule has 0 aliphatic carbocycles. The van der Waals surface area contributed by atoms with Gasteiger partial charge in [-0.05, 0) is 29.9 Å². The molecule has 0 saturated heterocycles. The zero-order valence-corrected chi connectivity index (χ0v) is 36.5. The van der Waals surface area contributed by atoms with E-state index in [1.54, 1.807) is 30.1 Å². The lowest BCUT2D eigenvalue weighted by Crippen LogP contribution is -2.56. The number of ether oxygens (including phenoxy) is 4. The van der Waals surface area contributed by atoms with E-state index in [0.717, 1.165) is 26.7 Å². The van der Waals surface area contributed by atoms with E-state index in [4.69, 9.17) is 24.1 Å². The van der Waals surface area contributed by atoms with E-state index >= 15 is 0 Å². The Kier molecular flexibility index (Phi) is 20.4. The van der Waals surface area contributed by atoms with Crippen molar-refractivity contribution in [2.75, 3.05) is 40.1 Å². The maximum atomic E-state index is 14.3. The second-order valence-electron chi connectivity index (χ2n) is 14.9. The zero-order valence-electron chi connectivity index (χ0n) is 34.9. The van der Waals surface area contributed by atoms with Crippen LogP contribution in [0, 0.1) is 5.92 Å². The molecule has 0 bridgehead atoms. The number of hydrogen-bond acceptors (Lipinski definition) is 13. The monoisotopic (exact) mass is 866 g/mol. The topological polar surface area (TPSA) is 191 Å². The fourth-order valence-corrected chi connectivity index (χ4v) is 7.47. The minimum atomic E-state index is -0.996. The number of benzene rings is 2. The van der Waals surface area contributed by atoms with Crippen molar-refractivity contribution in [3.8, 4) is 0 Å². The molecule has 4 unspecified atom stereocenters. The summed E-state index contributed by atoms with van der Waals surface area (Å²) in [6, 6.07) is 16.2. The number of amides is 4. The Morgan fingerprint density at radius 1 is 0.850 bits per heavy atom. The molecule has 0 aliphatic heterocycles. The maximum Gasteiger partial charge on any atom is 0.407 e. The summed E-state index contributed by atoms with van der Waals surface area (Å²) >= 11 is 2.90.